The maximum atomic E-state index is 6.09. The molecule has 21 heavy (non-hydrogen) atoms. The predicted octanol–water partition coefficient (Wildman–Crippen LogP) is 6.42. The first-order valence-electron chi connectivity index (χ1n) is 6.30. The van der Waals surface area contributed by atoms with E-state index in [1.54, 1.807) is 12.1 Å². The second-order valence-corrected chi connectivity index (χ2v) is 6.49. The first kappa shape index (κ1) is 16.8. The Morgan fingerprint density at radius 3 is 2.24 bits per heavy atom. The topological polar surface area (TPSA) is 21.3 Å². The highest BCUT2D eigenvalue weighted by Crippen LogP contribution is 2.37. The Bertz CT molecular complexity index is 629. The minimum Gasteiger partial charge on any atom is -0.491 e. The summed E-state index contributed by atoms with van der Waals surface area (Å²) in [6, 6.07) is 9.05. The molecule has 6 heteroatoms. The Morgan fingerprint density at radius 1 is 1.00 bits per heavy atom. The average Bonchev–Trinajstić information content (AvgIpc) is 2.38. The van der Waals surface area contributed by atoms with E-state index in [1.807, 2.05) is 25.1 Å². The zero-order chi connectivity index (χ0) is 15.4. The van der Waals surface area contributed by atoms with Crippen LogP contribution in [-0.2, 0) is 6.54 Å². The summed E-state index contributed by atoms with van der Waals surface area (Å²) in [6.07, 6.45) is 0. The van der Waals surface area contributed by atoms with E-state index in [0.717, 1.165) is 21.5 Å². The summed E-state index contributed by atoms with van der Waals surface area (Å²) in [6.45, 7) is 3.06. The second kappa shape index (κ2) is 7.59. The number of benzene rings is 2. The van der Waals surface area contributed by atoms with E-state index in [9.17, 15) is 0 Å². The van der Waals surface area contributed by atoms with Crippen LogP contribution in [0.2, 0.25) is 15.1 Å². The van der Waals surface area contributed by atoms with Crippen LogP contribution >= 0.6 is 50.7 Å². The molecule has 0 atom stereocenters. The van der Waals surface area contributed by atoms with Crippen molar-refractivity contribution in [2.24, 2.45) is 0 Å². The number of hydrogen-bond acceptors (Lipinski definition) is 2. The number of halogens is 4. The van der Waals surface area contributed by atoms with Gasteiger partial charge < -0.3 is 10.1 Å². The van der Waals surface area contributed by atoms with Crippen molar-refractivity contribution >= 4 is 56.4 Å². The lowest BCUT2D eigenvalue weighted by Gasteiger charge is -2.15. The van der Waals surface area contributed by atoms with Crippen LogP contribution in [0.3, 0.4) is 0 Å². The fraction of sp³-hybridized carbons (Fsp3) is 0.200. The van der Waals surface area contributed by atoms with E-state index in [1.165, 1.54) is 0 Å². The van der Waals surface area contributed by atoms with Crippen LogP contribution in [0.5, 0.6) is 5.75 Å². The molecule has 2 aromatic rings. The van der Waals surface area contributed by atoms with Gasteiger partial charge in [0.2, 0.25) is 0 Å². The van der Waals surface area contributed by atoms with Crippen LogP contribution in [0.4, 0.5) is 5.69 Å². The van der Waals surface area contributed by atoms with Crippen molar-refractivity contribution in [1.82, 2.24) is 0 Å². The number of anilines is 1. The molecule has 112 valence electrons. The van der Waals surface area contributed by atoms with Crippen LogP contribution in [0, 0.1) is 0 Å². The van der Waals surface area contributed by atoms with Crippen molar-refractivity contribution in [2.45, 2.75) is 13.5 Å². The van der Waals surface area contributed by atoms with Crippen molar-refractivity contribution in [3.8, 4) is 5.75 Å². The largest absolute Gasteiger partial charge is 0.491 e. The second-order valence-electron chi connectivity index (χ2n) is 4.33. The van der Waals surface area contributed by atoms with E-state index >= 15 is 0 Å². The Morgan fingerprint density at radius 2 is 1.62 bits per heavy atom. The third-order valence-corrected chi connectivity index (χ3v) is 3.95. The lowest BCUT2D eigenvalue weighted by molar-refractivity contribution is 0.339. The molecule has 0 aliphatic carbocycles. The lowest BCUT2D eigenvalue weighted by atomic mass is 10.2. The summed E-state index contributed by atoms with van der Waals surface area (Å²) >= 11 is 21.5. The molecule has 0 aliphatic heterocycles. The Balaban J connectivity index is 2.22. The van der Waals surface area contributed by atoms with Gasteiger partial charge in [-0.2, -0.15) is 0 Å². The molecule has 0 spiro atoms. The van der Waals surface area contributed by atoms with E-state index in [2.05, 4.69) is 21.2 Å². The lowest BCUT2D eigenvalue weighted by Crippen LogP contribution is -2.03. The van der Waals surface area contributed by atoms with Gasteiger partial charge in [0, 0.05) is 21.6 Å². The zero-order valence-electron chi connectivity index (χ0n) is 11.2. The van der Waals surface area contributed by atoms with Gasteiger partial charge in [0.15, 0.2) is 5.75 Å². The van der Waals surface area contributed by atoms with Crippen LogP contribution in [0.1, 0.15) is 12.5 Å². The fourth-order valence-corrected chi connectivity index (χ4v) is 3.39. The highest BCUT2D eigenvalue weighted by molar-refractivity contribution is 9.10. The van der Waals surface area contributed by atoms with Crippen molar-refractivity contribution < 1.29 is 4.74 Å². The van der Waals surface area contributed by atoms with Gasteiger partial charge in [-0.25, -0.2) is 0 Å². The van der Waals surface area contributed by atoms with Crippen LogP contribution in [0.25, 0.3) is 0 Å². The third kappa shape index (κ3) is 4.68. The Hall–Kier alpha value is -0.610. The molecule has 0 saturated heterocycles. The quantitative estimate of drug-likeness (QED) is 0.615. The van der Waals surface area contributed by atoms with Gasteiger partial charge in [0.25, 0.3) is 0 Å². The van der Waals surface area contributed by atoms with E-state index < -0.39 is 0 Å². The normalized spacial score (nSPS) is 10.5. The molecule has 2 nitrogen and oxygen atoms in total. The Labute approximate surface area is 147 Å². The van der Waals surface area contributed by atoms with Gasteiger partial charge in [0.05, 0.1) is 16.8 Å². The zero-order valence-corrected chi connectivity index (χ0v) is 15.1. The molecule has 0 heterocycles. The highest BCUT2D eigenvalue weighted by Gasteiger charge is 2.10. The minimum atomic E-state index is 0.563. The molecule has 0 aliphatic rings. The first-order chi connectivity index (χ1) is 9.99. The van der Waals surface area contributed by atoms with Crippen LogP contribution in [-0.4, -0.2) is 6.61 Å². The standard InChI is InChI=1S/C15H13BrCl3NO/c1-2-21-15-13(16)6-12(19)7-14(15)20-8-9-3-10(17)5-11(18)4-9/h3-7,20H,2,8H2,1H3. The van der Waals surface area contributed by atoms with E-state index in [4.69, 9.17) is 39.5 Å². The molecule has 0 bridgehead atoms. The molecule has 0 fully saturated rings. The summed E-state index contributed by atoms with van der Waals surface area (Å²) in [5.74, 6) is 0.732. The minimum absolute atomic E-state index is 0.563. The fourth-order valence-electron chi connectivity index (χ4n) is 1.89. The van der Waals surface area contributed by atoms with E-state index in [-0.39, 0.29) is 0 Å². The molecule has 0 unspecified atom stereocenters. The summed E-state index contributed by atoms with van der Waals surface area (Å²) in [4.78, 5) is 0. The number of hydrogen-bond donors (Lipinski definition) is 1. The SMILES string of the molecule is CCOc1c(Br)cc(Cl)cc1NCc1cc(Cl)cc(Cl)c1. The molecule has 0 saturated carbocycles. The molecule has 2 rings (SSSR count). The molecule has 0 aromatic heterocycles. The van der Waals surface area contributed by atoms with Gasteiger partial charge in [0.1, 0.15) is 0 Å². The molecular formula is C15H13BrCl3NO. The number of ether oxygens (including phenoxy) is 1. The maximum absolute atomic E-state index is 6.09. The maximum Gasteiger partial charge on any atom is 0.156 e. The molecule has 0 amide bonds. The predicted molar refractivity (Wildman–Crippen MR) is 94.1 cm³/mol. The van der Waals surface area contributed by atoms with Crippen molar-refractivity contribution in [3.63, 3.8) is 0 Å². The van der Waals surface area contributed by atoms with Crippen molar-refractivity contribution in [3.05, 3.63) is 55.4 Å². The van der Waals surface area contributed by atoms with Crippen LogP contribution in [0.15, 0.2) is 34.8 Å². The average molecular weight is 410 g/mol. The summed E-state index contributed by atoms with van der Waals surface area (Å²) in [5, 5.41) is 5.13. The van der Waals surface area contributed by atoms with Gasteiger partial charge in [-0.3, -0.25) is 0 Å². The summed E-state index contributed by atoms with van der Waals surface area (Å²) < 4.78 is 6.45. The number of nitrogens with one attached hydrogen (secondary N) is 1. The highest BCUT2D eigenvalue weighted by atomic mass is 79.9. The summed E-state index contributed by atoms with van der Waals surface area (Å²) in [5.41, 5.74) is 1.79. The van der Waals surface area contributed by atoms with Gasteiger partial charge in [-0.1, -0.05) is 34.8 Å². The van der Waals surface area contributed by atoms with E-state index in [0.29, 0.717) is 28.2 Å². The van der Waals surface area contributed by atoms with Crippen LogP contribution < -0.4 is 10.1 Å². The first-order valence-corrected chi connectivity index (χ1v) is 8.23. The van der Waals surface area contributed by atoms with Crippen molar-refractivity contribution in [1.29, 1.82) is 0 Å². The van der Waals surface area contributed by atoms with Crippen molar-refractivity contribution in [2.75, 3.05) is 11.9 Å². The monoisotopic (exact) mass is 407 g/mol. The third-order valence-electron chi connectivity index (χ3n) is 2.70. The molecule has 0 radical (unpaired) electrons. The van der Waals surface area contributed by atoms with Gasteiger partial charge in [-0.05, 0) is 58.7 Å². The molecule has 1 N–H and O–H groups in total. The van der Waals surface area contributed by atoms with Gasteiger partial charge in [-0.15, -0.1) is 0 Å². The molecular weight excluding hydrogens is 396 g/mol. The molecule has 2 aromatic carbocycles. The Kier molecular flexibility index (Phi) is 6.06. The number of rotatable bonds is 5. The smallest absolute Gasteiger partial charge is 0.156 e. The summed E-state index contributed by atoms with van der Waals surface area (Å²) in [7, 11) is 0. The van der Waals surface area contributed by atoms with Gasteiger partial charge >= 0.3 is 0 Å².